The Balaban J connectivity index is 1.03. The van der Waals surface area contributed by atoms with E-state index in [2.05, 4.69) is 255 Å². The van der Waals surface area contributed by atoms with Crippen molar-refractivity contribution in [2.75, 3.05) is 16.5 Å². The highest BCUT2D eigenvalue weighted by Gasteiger charge is 2.30. The number of aromatic nitrogens is 3. The lowest BCUT2D eigenvalue weighted by molar-refractivity contribution is 0.483. The van der Waals surface area contributed by atoms with Gasteiger partial charge in [-0.15, -0.1) is 0 Å². The second-order valence-electron chi connectivity index (χ2n) is 20.2. The molecule has 8 aromatic carbocycles. The minimum atomic E-state index is -0.0499. The molecule has 11 aromatic rings. The van der Waals surface area contributed by atoms with E-state index in [9.17, 15) is 0 Å². The average molecular weight is 884 g/mol. The lowest BCUT2D eigenvalue weighted by Gasteiger charge is -2.27. The first-order valence-electron chi connectivity index (χ1n) is 23.6. The standard InChI is InChI=1S/C62H53N5O/c1-61(2,3)43-30-31-63-60(35-43)67-56-25-15-12-22-52(56)53-29-28-48(39-59(53)67)68-49-37-46(36-47(38-49)66-54-23-13-10-20-50(54)51-21-11-14-24-55(51)66)65-40-64(57-26-16-17-27-58(57)65)45-33-42(41-18-8-7-9-19-41)32-44(34-45)62(4,5)6/h7-39H,40H2,1-6H3. The zero-order valence-electron chi connectivity index (χ0n) is 39.4. The fourth-order valence-electron chi connectivity index (χ4n) is 10.2. The van der Waals surface area contributed by atoms with Crippen LogP contribution >= 0.6 is 0 Å². The molecule has 0 amide bonds. The molecule has 0 aliphatic carbocycles. The van der Waals surface area contributed by atoms with E-state index in [0.29, 0.717) is 6.67 Å². The van der Waals surface area contributed by atoms with Crippen molar-refractivity contribution >= 4 is 66.4 Å². The van der Waals surface area contributed by atoms with Gasteiger partial charge < -0.3 is 19.1 Å². The Morgan fingerprint density at radius 3 is 1.57 bits per heavy atom. The monoisotopic (exact) mass is 883 g/mol. The van der Waals surface area contributed by atoms with Crippen LogP contribution in [0.2, 0.25) is 0 Å². The molecule has 1 aliphatic heterocycles. The lowest BCUT2D eigenvalue weighted by atomic mass is 9.85. The summed E-state index contributed by atoms with van der Waals surface area (Å²) >= 11 is 0. The molecule has 0 fully saturated rings. The number of rotatable bonds is 7. The molecule has 68 heavy (non-hydrogen) atoms. The van der Waals surface area contributed by atoms with Crippen molar-refractivity contribution in [2.24, 2.45) is 0 Å². The highest BCUT2D eigenvalue weighted by atomic mass is 16.5. The fourth-order valence-corrected chi connectivity index (χ4v) is 10.2. The Morgan fingerprint density at radius 2 is 0.941 bits per heavy atom. The number of anilines is 4. The Hall–Kier alpha value is -8.09. The molecule has 332 valence electrons. The third kappa shape index (κ3) is 7.07. The van der Waals surface area contributed by atoms with Crippen molar-refractivity contribution in [2.45, 2.75) is 52.4 Å². The topological polar surface area (TPSA) is 38.5 Å². The average Bonchev–Trinajstić information content (AvgIpc) is 4.02. The van der Waals surface area contributed by atoms with E-state index in [1.54, 1.807) is 0 Å². The van der Waals surface area contributed by atoms with E-state index in [1.165, 1.54) is 38.4 Å². The van der Waals surface area contributed by atoms with Gasteiger partial charge in [0.05, 0.1) is 39.1 Å². The van der Waals surface area contributed by atoms with E-state index in [4.69, 9.17) is 9.72 Å². The van der Waals surface area contributed by atoms with Gasteiger partial charge in [-0.1, -0.05) is 145 Å². The van der Waals surface area contributed by atoms with Gasteiger partial charge in [-0.25, -0.2) is 4.98 Å². The third-order valence-corrected chi connectivity index (χ3v) is 13.7. The minimum absolute atomic E-state index is 0.0295. The number of fused-ring (bicyclic) bond motifs is 7. The molecule has 0 bridgehead atoms. The van der Waals surface area contributed by atoms with Crippen LogP contribution in [0.1, 0.15) is 52.7 Å². The maximum absolute atomic E-state index is 7.14. The largest absolute Gasteiger partial charge is 0.457 e. The summed E-state index contributed by atoms with van der Waals surface area (Å²) in [4.78, 5) is 9.84. The number of hydrogen-bond acceptors (Lipinski definition) is 4. The van der Waals surface area contributed by atoms with Gasteiger partial charge in [0.15, 0.2) is 0 Å². The molecule has 0 spiro atoms. The van der Waals surface area contributed by atoms with Gasteiger partial charge in [0.1, 0.15) is 24.0 Å². The van der Waals surface area contributed by atoms with Gasteiger partial charge in [0.25, 0.3) is 0 Å². The van der Waals surface area contributed by atoms with Gasteiger partial charge in [0.2, 0.25) is 0 Å². The van der Waals surface area contributed by atoms with Crippen molar-refractivity contribution in [3.05, 3.63) is 211 Å². The van der Waals surface area contributed by atoms with Gasteiger partial charge >= 0.3 is 0 Å². The van der Waals surface area contributed by atoms with Crippen LogP contribution in [-0.2, 0) is 10.8 Å². The quantitative estimate of drug-likeness (QED) is 0.160. The van der Waals surface area contributed by atoms with Crippen LogP contribution in [0.5, 0.6) is 11.5 Å². The Labute approximate surface area is 397 Å². The number of ether oxygens (including phenoxy) is 1. The number of para-hydroxylation sites is 5. The summed E-state index contributed by atoms with van der Waals surface area (Å²) in [5.74, 6) is 2.37. The van der Waals surface area contributed by atoms with Crippen molar-refractivity contribution in [1.82, 2.24) is 14.1 Å². The molecule has 12 rings (SSSR count). The highest BCUT2D eigenvalue weighted by Crippen LogP contribution is 2.48. The summed E-state index contributed by atoms with van der Waals surface area (Å²) in [5.41, 5.74) is 14.8. The second kappa shape index (κ2) is 15.8. The molecular weight excluding hydrogens is 831 g/mol. The van der Waals surface area contributed by atoms with Crippen LogP contribution in [0, 0.1) is 0 Å². The van der Waals surface area contributed by atoms with E-state index in [1.807, 2.05) is 6.20 Å². The molecule has 1 aliphatic rings. The molecule has 0 unspecified atom stereocenters. The highest BCUT2D eigenvalue weighted by molar-refractivity contribution is 6.10. The predicted molar refractivity (Wildman–Crippen MR) is 284 cm³/mol. The Morgan fingerprint density at radius 1 is 0.397 bits per heavy atom. The number of pyridine rings is 1. The van der Waals surface area contributed by atoms with Crippen LogP contribution in [0.4, 0.5) is 22.7 Å². The number of benzene rings is 8. The zero-order chi connectivity index (χ0) is 46.3. The number of nitrogens with zero attached hydrogens (tertiary/aromatic N) is 5. The van der Waals surface area contributed by atoms with Crippen molar-refractivity contribution in [3.8, 4) is 34.1 Å². The fraction of sp³-hybridized carbons (Fsp3) is 0.145. The van der Waals surface area contributed by atoms with Gasteiger partial charge in [-0.3, -0.25) is 4.57 Å². The molecule has 6 heteroatoms. The van der Waals surface area contributed by atoms with Crippen molar-refractivity contribution in [1.29, 1.82) is 0 Å². The molecule has 0 N–H and O–H groups in total. The lowest BCUT2D eigenvalue weighted by Crippen LogP contribution is -2.24. The van der Waals surface area contributed by atoms with Crippen LogP contribution in [-0.4, -0.2) is 20.8 Å². The maximum atomic E-state index is 7.14. The van der Waals surface area contributed by atoms with Gasteiger partial charge in [0, 0.05) is 57.3 Å². The molecular formula is C62H53N5O. The van der Waals surface area contributed by atoms with Crippen molar-refractivity contribution in [3.63, 3.8) is 0 Å². The van der Waals surface area contributed by atoms with E-state index >= 15 is 0 Å². The summed E-state index contributed by atoms with van der Waals surface area (Å²) in [5, 5.41) is 4.75. The maximum Gasteiger partial charge on any atom is 0.137 e. The van der Waals surface area contributed by atoms with Crippen LogP contribution in [0.25, 0.3) is 66.2 Å². The zero-order valence-corrected chi connectivity index (χ0v) is 39.4. The molecule has 6 nitrogen and oxygen atoms in total. The molecule has 0 saturated carbocycles. The van der Waals surface area contributed by atoms with Crippen molar-refractivity contribution < 1.29 is 4.74 Å². The summed E-state index contributed by atoms with van der Waals surface area (Å²) in [7, 11) is 0. The summed E-state index contributed by atoms with van der Waals surface area (Å²) < 4.78 is 11.8. The summed E-state index contributed by atoms with van der Waals surface area (Å²) in [6.45, 7) is 14.2. The first-order valence-corrected chi connectivity index (χ1v) is 23.6. The van der Waals surface area contributed by atoms with Gasteiger partial charge in [-0.2, -0.15) is 0 Å². The summed E-state index contributed by atoms with van der Waals surface area (Å²) in [6, 6.07) is 70.1. The molecule has 0 radical (unpaired) electrons. The number of hydrogen-bond donors (Lipinski definition) is 0. The third-order valence-electron chi connectivity index (χ3n) is 13.7. The van der Waals surface area contributed by atoms with Crippen LogP contribution in [0.15, 0.2) is 200 Å². The van der Waals surface area contributed by atoms with Gasteiger partial charge in [-0.05, 0) is 106 Å². The Kier molecular flexibility index (Phi) is 9.59. The minimum Gasteiger partial charge on any atom is -0.457 e. The first-order chi connectivity index (χ1) is 33.0. The second-order valence-corrected chi connectivity index (χ2v) is 20.2. The smallest absolute Gasteiger partial charge is 0.137 e. The molecule has 0 atom stereocenters. The SMILES string of the molecule is CC(C)(C)c1cc(-c2ccccc2)cc(N2CN(c3cc(Oc4ccc5c6ccccc6n(-c6cc(C(C)(C)C)ccn6)c5c4)cc(-n4c5ccccc5c5ccccc54)c3)c3ccccc32)c1. The van der Waals surface area contributed by atoms with E-state index < -0.39 is 0 Å². The molecule has 0 saturated heterocycles. The predicted octanol–water partition coefficient (Wildman–Crippen LogP) is 16.6. The first kappa shape index (κ1) is 41.3. The molecule has 3 aromatic heterocycles. The van der Waals surface area contributed by atoms with Crippen LogP contribution < -0.4 is 14.5 Å². The normalized spacial score (nSPS) is 13.0. The summed E-state index contributed by atoms with van der Waals surface area (Å²) in [6.07, 6.45) is 1.93. The van der Waals surface area contributed by atoms with Crippen LogP contribution in [0.3, 0.4) is 0 Å². The Bertz CT molecular complexity index is 3680. The molecule has 4 heterocycles. The van der Waals surface area contributed by atoms with E-state index in [0.717, 1.165) is 73.2 Å². The van der Waals surface area contributed by atoms with E-state index in [-0.39, 0.29) is 10.8 Å².